The molecule has 3 aromatic rings. The largest absolute Gasteiger partial charge is 0.490 e. The standard InChI is InChI=1S/C22H25N3O3/c1-14(2)21(22-23-16-6-3-4-7-17(16)24-22)25-20(26)13-15-8-9-18-19(12-15)28-11-5-10-27-18/h3-4,6-9,12,14,21H,5,10-11,13H2,1-2H3,(H,23,24)(H,25,26)/t21-/m1/s1. The fourth-order valence-corrected chi connectivity index (χ4v) is 3.40. The van der Waals surface area contributed by atoms with Crippen LogP contribution in [0.2, 0.25) is 0 Å². The molecule has 0 bridgehead atoms. The van der Waals surface area contributed by atoms with Crippen molar-refractivity contribution >= 4 is 16.9 Å². The summed E-state index contributed by atoms with van der Waals surface area (Å²) in [6.07, 6.45) is 1.14. The Morgan fingerprint density at radius 2 is 1.93 bits per heavy atom. The van der Waals surface area contributed by atoms with E-state index in [1.807, 2.05) is 42.5 Å². The van der Waals surface area contributed by atoms with E-state index in [4.69, 9.17) is 9.47 Å². The average molecular weight is 379 g/mol. The summed E-state index contributed by atoms with van der Waals surface area (Å²) >= 11 is 0. The van der Waals surface area contributed by atoms with Gasteiger partial charge in [-0.15, -0.1) is 0 Å². The number of benzene rings is 2. The summed E-state index contributed by atoms with van der Waals surface area (Å²) in [6, 6.07) is 13.4. The third kappa shape index (κ3) is 3.96. The smallest absolute Gasteiger partial charge is 0.225 e. The molecule has 1 amide bonds. The van der Waals surface area contributed by atoms with Crippen molar-refractivity contribution in [3.8, 4) is 11.5 Å². The molecule has 2 aromatic carbocycles. The van der Waals surface area contributed by atoms with Gasteiger partial charge in [-0.1, -0.05) is 32.0 Å². The molecule has 28 heavy (non-hydrogen) atoms. The van der Waals surface area contributed by atoms with E-state index in [-0.39, 0.29) is 24.3 Å². The van der Waals surface area contributed by atoms with Crippen molar-refractivity contribution < 1.29 is 14.3 Å². The van der Waals surface area contributed by atoms with Crippen molar-refractivity contribution in [3.05, 3.63) is 53.9 Å². The first-order valence-electron chi connectivity index (χ1n) is 9.72. The Labute approximate surface area is 164 Å². The number of fused-ring (bicyclic) bond motifs is 2. The predicted octanol–water partition coefficient (Wildman–Crippen LogP) is 3.78. The van der Waals surface area contributed by atoms with E-state index < -0.39 is 0 Å². The highest BCUT2D eigenvalue weighted by molar-refractivity contribution is 5.80. The zero-order valence-electron chi connectivity index (χ0n) is 16.2. The maximum Gasteiger partial charge on any atom is 0.225 e. The Kier molecular flexibility index (Phi) is 5.19. The molecule has 2 heterocycles. The van der Waals surface area contributed by atoms with Gasteiger partial charge in [0.2, 0.25) is 5.91 Å². The molecule has 0 spiro atoms. The molecular formula is C22H25N3O3. The van der Waals surface area contributed by atoms with Gasteiger partial charge < -0.3 is 19.8 Å². The minimum absolute atomic E-state index is 0.0475. The molecule has 6 heteroatoms. The van der Waals surface area contributed by atoms with Gasteiger partial charge in [-0.2, -0.15) is 0 Å². The number of carbonyl (C=O) groups is 1. The van der Waals surface area contributed by atoms with Crippen molar-refractivity contribution in [2.45, 2.75) is 32.7 Å². The fourth-order valence-electron chi connectivity index (χ4n) is 3.40. The summed E-state index contributed by atoms with van der Waals surface area (Å²) < 4.78 is 11.4. The number of H-pyrrole nitrogens is 1. The van der Waals surface area contributed by atoms with Crippen LogP contribution in [0.25, 0.3) is 11.0 Å². The molecule has 1 aliphatic heterocycles. The molecule has 4 rings (SSSR count). The molecule has 2 N–H and O–H groups in total. The number of aromatic amines is 1. The van der Waals surface area contributed by atoms with Crippen LogP contribution >= 0.6 is 0 Å². The molecule has 0 unspecified atom stereocenters. The van der Waals surface area contributed by atoms with Gasteiger partial charge in [0, 0.05) is 6.42 Å². The van der Waals surface area contributed by atoms with Crippen molar-refractivity contribution in [3.63, 3.8) is 0 Å². The maximum atomic E-state index is 12.7. The highest BCUT2D eigenvalue weighted by Crippen LogP contribution is 2.30. The highest BCUT2D eigenvalue weighted by atomic mass is 16.5. The van der Waals surface area contributed by atoms with Crippen LogP contribution in [0.1, 0.15) is 37.7 Å². The monoisotopic (exact) mass is 379 g/mol. The zero-order chi connectivity index (χ0) is 19.5. The van der Waals surface area contributed by atoms with E-state index in [2.05, 4.69) is 29.1 Å². The Balaban J connectivity index is 1.48. The number of ether oxygens (including phenoxy) is 2. The Morgan fingerprint density at radius 1 is 1.14 bits per heavy atom. The summed E-state index contributed by atoms with van der Waals surface area (Å²) in [4.78, 5) is 20.7. The van der Waals surface area contributed by atoms with Crippen molar-refractivity contribution in [1.82, 2.24) is 15.3 Å². The quantitative estimate of drug-likeness (QED) is 0.707. The highest BCUT2D eigenvalue weighted by Gasteiger charge is 2.22. The first kappa shape index (κ1) is 18.3. The lowest BCUT2D eigenvalue weighted by molar-refractivity contribution is -0.121. The van der Waals surface area contributed by atoms with E-state index >= 15 is 0 Å². The Hall–Kier alpha value is -3.02. The second-order valence-corrected chi connectivity index (χ2v) is 7.44. The van der Waals surface area contributed by atoms with Crippen LogP contribution in [0.4, 0.5) is 0 Å². The summed E-state index contributed by atoms with van der Waals surface area (Å²) in [5.74, 6) is 2.38. The lowest BCUT2D eigenvalue weighted by Gasteiger charge is -2.20. The second kappa shape index (κ2) is 7.92. The SMILES string of the molecule is CC(C)[C@@H](NC(=O)Cc1ccc2c(c1)OCCCO2)c1nc2ccccc2[nH]1. The van der Waals surface area contributed by atoms with Gasteiger partial charge in [0.1, 0.15) is 5.82 Å². The summed E-state index contributed by atoms with van der Waals surface area (Å²) in [6.45, 7) is 5.43. The van der Waals surface area contributed by atoms with Gasteiger partial charge in [0.15, 0.2) is 11.5 Å². The lowest BCUT2D eigenvalue weighted by Crippen LogP contribution is -2.33. The third-order valence-corrected chi connectivity index (χ3v) is 4.86. The second-order valence-electron chi connectivity index (χ2n) is 7.44. The van der Waals surface area contributed by atoms with Gasteiger partial charge in [-0.05, 0) is 35.7 Å². The van der Waals surface area contributed by atoms with Gasteiger partial charge in [-0.3, -0.25) is 4.79 Å². The summed E-state index contributed by atoms with van der Waals surface area (Å²) in [5, 5.41) is 3.13. The number of hydrogen-bond acceptors (Lipinski definition) is 4. The van der Waals surface area contributed by atoms with E-state index in [0.717, 1.165) is 34.6 Å². The molecule has 6 nitrogen and oxygen atoms in total. The number of para-hydroxylation sites is 2. The number of imidazole rings is 1. The van der Waals surface area contributed by atoms with Gasteiger partial charge >= 0.3 is 0 Å². The molecule has 0 radical (unpaired) electrons. The number of amides is 1. The molecular weight excluding hydrogens is 354 g/mol. The first-order chi connectivity index (χ1) is 13.6. The number of rotatable bonds is 5. The van der Waals surface area contributed by atoms with Crippen LogP contribution in [-0.4, -0.2) is 29.1 Å². The van der Waals surface area contributed by atoms with Crippen LogP contribution in [0, 0.1) is 5.92 Å². The minimum atomic E-state index is -0.180. The van der Waals surface area contributed by atoms with Gasteiger partial charge in [0.25, 0.3) is 0 Å². The van der Waals surface area contributed by atoms with Crippen LogP contribution in [-0.2, 0) is 11.2 Å². The zero-order valence-corrected chi connectivity index (χ0v) is 16.2. The topological polar surface area (TPSA) is 76.2 Å². The first-order valence-corrected chi connectivity index (χ1v) is 9.72. The van der Waals surface area contributed by atoms with Crippen molar-refractivity contribution in [2.75, 3.05) is 13.2 Å². The van der Waals surface area contributed by atoms with E-state index in [9.17, 15) is 4.79 Å². The predicted molar refractivity (Wildman–Crippen MR) is 108 cm³/mol. The van der Waals surface area contributed by atoms with Gasteiger partial charge in [0.05, 0.1) is 36.7 Å². The van der Waals surface area contributed by atoms with Crippen LogP contribution in [0.15, 0.2) is 42.5 Å². The Morgan fingerprint density at radius 3 is 2.71 bits per heavy atom. The molecule has 0 saturated carbocycles. The number of carbonyl (C=O) groups excluding carboxylic acids is 1. The summed E-state index contributed by atoms with van der Waals surface area (Å²) in [7, 11) is 0. The number of hydrogen-bond donors (Lipinski definition) is 2. The molecule has 0 saturated heterocycles. The van der Waals surface area contributed by atoms with Crippen LogP contribution < -0.4 is 14.8 Å². The van der Waals surface area contributed by atoms with E-state index in [0.29, 0.717) is 19.0 Å². The number of nitrogens with one attached hydrogen (secondary N) is 2. The molecule has 0 aliphatic carbocycles. The molecule has 1 atom stereocenters. The molecule has 1 aromatic heterocycles. The molecule has 1 aliphatic rings. The third-order valence-electron chi connectivity index (χ3n) is 4.86. The molecule has 0 fully saturated rings. The van der Waals surface area contributed by atoms with Crippen molar-refractivity contribution in [1.29, 1.82) is 0 Å². The lowest BCUT2D eigenvalue weighted by atomic mass is 10.0. The normalized spacial score (nSPS) is 14.7. The molecule has 146 valence electrons. The van der Waals surface area contributed by atoms with Crippen molar-refractivity contribution in [2.24, 2.45) is 5.92 Å². The van der Waals surface area contributed by atoms with Crippen LogP contribution in [0.3, 0.4) is 0 Å². The van der Waals surface area contributed by atoms with Crippen LogP contribution in [0.5, 0.6) is 11.5 Å². The van der Waals surface area contributed by atoms with E-state index in [1.54, 1.807) is 0 Å². The average Bonchev–Trinajstić information content (AvgIpc) is 2.96. The Bertz CT molecular complexity index is 947. The fraction of sp³-hybridized carbons (Fsp3) is 0.364. The number of nitrogens with zero attached hydrogens (tertiary/aromatic N) is 1. The minimum Gasteiger partial charge on any atom is -0.490 e. The summed E-state index contributed by atoms with van der Waals surface area (Å²) in [5.41, 5.74) is 2.77. The number of aromatic nitrogens is 2. The maximum absolute atomic E-state index is 12.7. The van der Waals surface area contributed by atoms with Gasteiger partial charge in [-0.25, -0.2) is 4.98 Å². The van der Waals surface area contributed by atoms with E-state index in [1.165, 1.54) is 0 Å².